The second kappa shape index (κ2) is 9.14. The lowest BCUT2D eigenvalue weighted by Crippen LogP contribution is -2.40. The van der Waals surface area contributed by atoms with Gasteiger partial charge >= 0.3 is 6.18 Å². The van der Waals surface area contributed by atoms with E-state index in [1.165, 1.54) is 24.3 Å². The molecular weight excluding hydrogens is 408 g/mol. The number of aromatic amines is 1. The van der Waals surface area contributed by atoms with Gasteiger partial charge in [-0.2, -0.15) is 18.3 Å². The van der Waals surface area contributed by atoms with Crippen molar-refractivity contribution in [1.82, 2.24) is 20.4 Å². The monoisotopic (exact) mass is 428 g/mol. The molecule has 0 aliphatic carbocycles. The summed E-state index contributed by atoms with van der Waals surface area (Å²) in [7, 11) is 0. The van der Waals surface area contributed by atoms with Crippen molar-refractivity contribution in [3.8, 4) is 5.75 Å². The van der Waals surface area contributed by atoms with Crippen molar-refractivity contribution >= 4 is 11.8 Å². The lowest BCUT2D eigenvalue weighted by Gasteiger charge is -2.31. The van der Waals surface area contributed by atoms with E-state index >= 15 is 0 Å². The molecule has 1 aromatic heterocycles. The van der Waals surface area contributed by atoms with Crippen LogP contribution in [0.5, 0.6) is 5.75 Å². The lowest BCUT2D eigenvalue weighted by molar-refractivity contribution is -0.134. The summed E-state index contributed by atoms with van der Waals surface area (Å²) in [6.07, 6.45) is -3.33. The largest absolute Gasteiger partial charge is 0.481 e. The Hall–Kier alpha value is -3.11. The molecule has 1 aliphatic heterocycles. The van der Waals surface area contributed by atoms with Gasteiger partial charge in [0.25, 0.3) is 11.8 Å². The number of carbonyl (C=O) groups is 2. The fourth-order valence-corrected chi connectivity index (χ4v) is 3.17. The van der Waals surface area contributed by atoms with E-state index in [1.54, 1.807) is 16.3 Å². The van der Waals surface area contributed by atoms with Gasteiger partial charge < -0.3 is 15.0 Å². The molecular formula is C19H20F4N4O3. The lowest BCUT2D eigenvalue weighted by atomic mass is 9.93. The average Bonchev–Trinajstić information content (AvgIpc) is 3.21. The van der Waals surface area contributed by atoms with Gasteiger partial charge in [0.1, 0.15) is 12.2 Å². The number of likely N-dealkylation sites (tertiary alicyclic amines) is 1. The Morgan fingerprint density at radius 3 is 2.60 bits per heavy atom. The van der Waals surface area contributed by atoms with Crippen molar-refractivity contribution in [2.75, 3.05) is 26.2 Å². The number of amides is 2. The minimum atomic E-state index is -4.50. The molecule has 162 valence electrons. The SMILES string of the molecule is O=C(NCC(F)(F)F)c1cc(C2CCN(C(=O)COc3ccccc3F)CC2)[nH]n1. The Morgan fingerprint density at radius 2 is 1.93 bits per heavy atom. The highest BCUT2D eigenvalue weighted by atomic mass is 19.4. The molecule has 30 heavy (non-hydrogen) atoms. The van der Waals surface area contributed by atoms with Crippen molar-refractivity contribution in [1.29, 1.82) is 0 Å². The number of carbonyl (C=O) groups excluding carboxylic acids is 2. The summed E-state index contributed by atoms with van der Waals surface area (Å²) in [6.45, 7) is -0.847. The molecule has 1 fully saturated rings. The highest BCUT2D eigenvalue weighted by Crippen LogP contribution is 2.27. The predicted octanol–water partition coefficient (Wildman–Crippen LogP) is 2.63. The van der Waals surface area contributed by atoms with Gasteiger partial charge in [0.15, 0.2) is 18.2 Å². The Morgan fingerprint density at radius 1 is 1.23 bits per heavy atom. The van der Waals surface area contributed by atoms with E-state index in [0.29, 0.717) is 31.6 Å². The van der Waals surface area contributed by atoms with E-state index in [0.717, 1.165) is 0 Å². The number of para-hydroxylation sites is 1. The highest BCUT2D eigenvalue weighted by molar-refractivity contribution is 5.92. The standard InChI is InChI=1S/C19H20F4N4O3/c20-13-3-1-2-4-16(13)30-10-17(28)27-7-5-12(6-8-27)14-9-15(26-25-14)18(29)24-11-19(21,22)23/h1-4,9,12H,5-8,10-11H2,(H,24,29)(H,25,26). The smallest absolute Gasteiger partial charge is 0.405 e. The summed E-state index contributed by atoms with van der Waals surface area (Å²) in [5.74, 6) is -1.73. The fraction of sp³-hybridized carbons (Fsp3) is 0.421. The first-order chi connectivity index (χ1) is 14.2. The summed E-state index contributed by atoms with van der Waals surface area (Å²) in [4.78, 5) is 25.6. The van der Waals surface area contributed by atoms with Crippen molar-refractivity contribution in [3.63, 3.8) is 0 Å². The number of H-pyrrole nitrogens is 1. The molecule has 2 amide bonds. The zero-order valence-electron chi connectivity index (χ0n) is 15.8. The maximum Gasteiger partial charge on any atom is 0.405 e. The van der Waals surface area contributed by atoms with Crippen molar-refractivity contribution < 1.29 is 31.9 Å². The van der Waals surface area contributed by atoms with E-state index < -0.39 is 24.4 Å². The normalized spacial score (nSPS) is 15.1. The zero-order valence-corrected chi connectivity index (χ0v) is 15.8. The third kappa shape index (κ3) is 5.71. The molecule has 0 spiro atoms. The van der Waals surface area contributed by atoms with Crippen LogP contribution in [0.1, 0.15) is 34.9 Å². The third-order valence-electron chi connectivity index (χ3n) is 4.75. The average molecular weight is 428 g/mol. The fourth-order valence-electron chi connectivity index (χ4n) is 3.17. The predicted molar refractivity (Wildman–Crippen MR) is 97.4 cm³/mol. The first-order valence-electron chi connectivity index (χ1n) is 9.28. The number of benzene rings is 1. The van der Waals surface area contributed by atoms with Crippen LogP contribution >= 0.6 is 0 Å². The van der Waals surface area contributed by atoms with Gasteiger partial charge in [-0.25, -0.2) is 4.39 Å². The quantitative estimate of drug-likeness (QED) is 0.693. The molecule has 0 unspecified atom stereocenters. The Labute approximate surface area is 169 Å². The molecule has 1 aliphatic rings. The van der Waals surface area contributed by atoms with Gasteiger partial charge in [-0.3, -0.25) is 14.7 Å². The zero-order chi connectivity index (χ0) is 21.7. The van der Waals surface area contributed by atoms with Crippen LogP contribution < -0.4 is 10.1 Å². The number of nitrogens with zero attached hydrogens (tertiary/aromatic N) is 2. The molecule has 0 radical (unpaired) electrons. The number of hydrogen-bond acceptors (Lipinski definition) is 4. The molecule has 2 aromatic rings. The van der Waals surface area contributed by atoms with Crippen LogP contribution in [0.15, 0.2) is 30.3 Å². The molecule has 11 heteroatoms. The van der Waals surface area contributed by atoms with Gasteiger partial charge in [-0.05, 0) is 31.0 Å². The topological polar surface area (TPSA) is 87.3 Å². The summed E-state index contributed by atoms with van der Waals surface area (Å²) >= 11 is 0. The summed E-state index contributed by atoms with van der Waals surface area (Å²) in [5.41, 5.74) is 0.507. The number of piperidine rings is 1. The van der Waals surface area contributed by atoms with Crippen LogP contribution in [0.25, 0.3) is 0 Å². The first-order valence-corrected chi connectivity index (χ1v) is 9.28. The van der Waals surface area contributed by atoms with Gasteiger partial charge in [0.05, 0.1) is 0 Å². The van der Waals surface area contributed by atoms with Gasteiger partial charge in [-0.1, -0.05) is 12.1 Å². The summed E-state index contributed by atoms with van der Waals surface area (Å²) in [6, 6.07) is 7.24. The van der Waals surface area contributed by atoms with Gasteiger partial charge in [0.2, 0.25) is 0 Å². The van der Waals surface area contributed by atoms with Crippen LogP contribution in [0.4, 0.5) is 17.6 Å². The van der Waals surface area contributed by atoms with Crippen LogP contribution in [0.2, 0.25) is 0 Å². The highest BCUT2D eigenvalue weighted by Gasteiger charge is 2.29. The van der Waals surface area contributed by atoms with Crippen LogP contribution in [0, 0.1) is 5.82 Å². The van der Waals surface area contributed by atoms with Crippen LogP contribution in [0.3, 0.4) is 0 Å². The number of halogens is 4. The van der Waals surface area contributed by atoms with E-state index in [1.807, 2.05) is 0 Å². The van der Waals surface area contributed by atoms with Gasteiger partial charge in [0, 0.05) is 24.7 Å². The molecule has 0 atom stereocenters. The van der Waals surface area contributed by atoms with E-state index in [4.69, 9.17) is 4.74 Å². The van der Waals surface area contributed by atoms with Crippen molar-refractivity contribution in [2.24, 2.45) is 0 Å². The molecule has 2 N–H and O–H groups in total. The number of hydrogen-bond donors (Lipinski definition) is 2. The van der Waals surface area contributed by atoms with Crippen molar-refractivity contribution in [2.45, 2.75) is 24.9 Å². The number of ether oxygens (including phenoxy) is 1. The van der Waals surface area contributed by atoms with Crippen molar-refractivity contribution in [3.05, 3.63) is 47.5 Å². The second-order valence-corrected chi connectivity index (χ2v) is 6.88. The Balaban J connectivity index is 1.47. The summed E-state index contributed by atoms with van der Waals surface area (Å²) in [5, 5.41) is 8.23. The van der Waals surface area contributed by atoms with Crippen LogP contribution in [-0.2, 0) is 4.79 Å². The van der Waals surface area contributed by atoms with E-state index in [9.17, 15) is 27.2 Å². The number of nitrogens with one attached hydrogen (secondary N) is 2. The molecule has 3 rings (SSSR count). The molecule has 0 bridgehead atoms. The minimum Gasteiger partial charge on any atom is -0.481 e. The molecule has 1 aromatic carbocycles. The maximum absolute atomic E-state index is 13.5. The van der Waals surface area contributed by atoms with Crippen LogP contribution in [-0.4, -0.2) is 59.3 Å². The van der Waals surface area contributed by atoms with E-state index in [2.05, 4.69) is 10.2 Å². The Bertz CT molecular complexity index is 892. The number of aromatic nitrogens is 2. The molecule has 7 nitrogen and oxygen atoms in total. The third-order valence-corrected chi connectivity index (χ3v) is 4.75. The molecule has 2 heterocycles. The number of alkyl halides is 3. The molecule has 0 saturated carbocycles. The second-order valence-electron chi connectivity index (χ2n) is 6.88. The first kappa shape index (κ1) is 21.6. The minimum absolute atomic E-state index is 0.00882. The Kier molecular flexibility index (Phi) is 6.58. The molecule has 1 saturated heterocycles. The summed E-state index contributed by atoms with van der Waals surface area (Å²) < 4.78 is 55.4. The number of rotatable bonds is 6. The van der Waals surface area contributed by atoms with Gasteiger partial charge in [-0.15, -0.1) is 0 Å². The van der Waals surface area contributed by atoms with E-state index in [-0.39, 0.29) is 29.9 Å². The maximum atomic E-state index is 13.5.